The molecule has 0 radical (unpaired) electrons. The molecule has 1 aromatic heterocycles. The summed E-state index contributed by atoms with van der Waals surface area (Å²) in [4.78, 5) is 12.4. The summed E-state index contributed by atoms with van der Waals surface area (Å²) in [6, 6.07) is 16.8. The van der Waals surface area contributed by atoms with Gasteiger partial charge in [0.1, 0.15) is 0 Å². The molecule has 136 valence electrons. The Morgan fingerprint density at radius 1 is 1.19 bits per heavy atom. The molecule has 8 heteroatoms. The van der Waals surface area contributed by atoms with E-state index in [9.17, 15) is 4.79 Å². The van der Waals surface area contributed by atoms with Crippen LogP contribution in [0.4, 0.5) is 16.5 Å². The molecule has 0 spiro atoms. The molecule has 0 bridgehead atoms. The average Bonchev–Trinajstić information content (AvgIpc) is 3.09. The van der Waals surface area contributed by atoms with Crippen LogP contribution in [0.3, 0.4) is 0 Å². The first kappa shape index (κ1) is 18.9. The molecular weight excluding hydrogens is 378 g/mol. The lowest BCUT2D eigenvalue weighted by molar-refractivity contribution is -0.115. The van der Waals surface area contributed by atoms with Crippen LogP contribution in [0.1, 0.15) is 18.1 Å². The molecule has 0 fully saturated rings. The highest BCUT2D eigenvalue weighted by Gasteiger charge is 2.17. The zero-order chi connectivity index (χ0) is 19.2. The summed E-state index contributed by atoms with van der Waals surface area (Å²) in [5.41, 5.74) is 3.32. The van der Waals surface area contributed by atoms with Gasteiger partial charge in [-0.3, -0.25) is 4.79 Å². The Morgan fingerprint density at radius 3 is 2.67 bits per heavy atom. The minimum atomic E-state index is -0.333. The minimum absolute atomic E-state index is 0.131. The van der Waals surface area contributed by atoms with Gasteiger partial charge in [0.15, 0.2) is 4.34 Å². The maximum atomic E-state index is 12.4. The van der Waals surface area contributed by atoms with Crippen LogP contribution in [-0.4, -0.2) is 21.4 Å². The van der Waals surface area contributed by atoms with E-state index in [2.05, 4.69) is 20.8 Å². The van der Waals surface area contributed by atoms with Crippen LogP contribution in [0, 0.1) is 18.3 Å². The SMILES string of the molecule is Cc1cccc(Nc2nnc(S[C@@H](C)C(=O)Nc3ccc(C#N)cc3)s2)c1. The summed E-state index contributed by atoms with van der Waals surface area (Å²) in [6.45, 7) is 3.85. The fourth-order valence-electron chi connectivity index (χ4n) is 2.23. The van der Waals surface area contributed by atoms with Gasteiger partial charge in [0.25, 0.3) is 0 Å². The molecule has 1 amide bonds. The van der Waals surface area contributed by atoms with E-state index in [0.29, 0.717) is 20.7 Å². The summed E-state index contributed by atoms with van der Waals surface area (Å²) < 4.78 is 0.715. The van der Waals surface area contributed by atoms with Crippen LogP contribution in [0.2, 0.25) is 0 Å². The summed E-state index contributed by atoms with van der Waals surface area (Å²) in [5.74, 6) is -0.131. The van der Waals surface area contributed by atoms with Crippen LogP contribution in [-0.2, 0) is 4.79 Å². The van der Waals surface area contributed by atoms with E-state index in [0.717, 1.165) is 11.3 Å². The molecule has 0 unspecified atom stereocenters. The lowest BCUT2D eigenvalue weighted by Gasteiger charge is -2.10. The number of aromatic nitrogens is 2. The number of nitrogens with zero attached hydrogens (tertiary/aromatic N) is 3. The number of anilines is 3. The van der Waals surface area contributed by atoms with E-state index in [4.69, 9.17) is 5.26 Å². The third-order valence-electron chi connectivity index (χ3n) is 3.60. The maximum absolute atomic E-state index is 12.4. The molecule has 3 rings (SSSR count). The normalized spacial score (nSPS) is 11.4. The largest absolute Gasteiger partial charge is 0.330 e. The second-order valence-corrected chi connectivity index (χ2v) is 8.37. The average molecular weight is 396 g/mol. The van der Waals surface area contributed by atoms with Crippen molar-refractivity contribution < 1.29 is 4.79 Å². The van der Waals surface area contributed by atoms with Crippen molar-refractivity contribution in [3.8, 4) is 6.07 Å². The smallest absolute Gasteiger partial charge is 0.237 e. The lowest BCUT2D eigenvalue weighted by Crippen LogP contribution is -2.22. The van der Waals surface area contributed by atoms with Crippen molar-refractivity contribution in [1.29, 1.82) is 5.26 Å². The molecule has 2 N–H and O–H groups in total. The Balaban J connectivity index is 1.57. The van der Waals surface area contributed by atoms with E-state index < -0.39 is 0 Å². The number of benzene rings is 2. The van der Waals surface area contributed by atoms with Crippen molar-refractivity contribution in [3.05, 3.63) is 59.7 Å². The van der Waals surface area contributed by atoms with Gasteiger partial charge in [-0.25, -0.2) is 0 Å². The second kappa shape index (κ2) is 8.66. The number of carbonyl (C=O) groups is 1. The van der Waals surface area contributed by atoms with Gasteiger partial charge >= 0.3 is 0 Å². The van der Waals surface area contributed by atoms with Crippen molar-refractivity contribution in [1.82, 2.24) is 10.2 Å². The molecule has 27 heavy (non-hydrogen) atoms. The predicted molar refractivity (Wildman–Crippen MR) is 109 cm³/mol. The third-order valence-corrected chi connectivity index (χ3v) is 5.63. The first-order chi connectivity index (χ1) is 13.0. The van der Waals surface area contributed by atoms with Gasteiger partial charge in [0.2, 0.25) is 11.0 Å². The zero-order valence-electron chi connectivity index (χ0n) is 14.8. The van der Waals surface area contributed by atoms with Crippen molar-refractivity contribution in [2.45, 2.75) is 23.4 Å². The van der Waals surface area contributed by atoms with Crippen molar-refractivity contribution in [3.63, 3.8) is 0 Å². The molecule has 0 saturated heterocycles. The fraction of sp³-hybridized carbons (Fsp3) is 0.158. The molecule has 3 aromatic rings. The van der Waals surface area contributed by atoms with Crippen LogP contribution >= 0.6 is 23.1 Å². The predicted octanol–water partition coefficient (Wildman–Crippen LogP) is 4.58. The Kier molecular flexibility index (Phi) is 6.06. The molecule has 6 nitrogen and oxygen atoms in total. The number of amides is 1. The van der Waals surface area contributed by atoms with Crippen LogP contribution in [0.25, 0.3) is 0 Å². The quantitative estimate of drug-likeness (QED) is 0.594. The standard InChI is InChI=1S/C19H17N5OS2/c1-12-4-3-5-16(10-12)22-18-23-24-19(27-18)26-13(2)17(25)21-15-8-6-14(11-20)7-9-15/h3-10,13H,1-2H3,(H,21,25)(H,22,23)/t13-/m0/s1. The topological polar surface area (TPSA) is 90.7 Å². The first-order valence-corrected chi connectivity index (χ1v) is 9.88. The van der Waals surface area contributed by atoms with Crippen molar-refractivity contribution in [2.75, 3.05) is 10.6 Å². The van der Waals surface area contributed by atoms with Gasteiger partial charge in [0, 0.05) is 11.4 Å². The van der Waals surface area contributed by atoms with Gasteiger partial charge in [0.05, 0.1) is 16.9 Å². The Bertz CT molecular complexity index is 978. The molecule has 0 aliphatic carbocycles. The van der Waals surface area contributed by atoms with E-state index in [1.165, 1.54) is 23.1 Å². The van der Waals surface area contributed by atoms with E-state index in [1.54, 1.807) is 24.3 Å². The van der Waals surface area contributed by atoms with Crippen molar-refractivity contribution >= 4 is 45.5 Å². The summed E-state index contributed by atoms with van der Waals surface area (Å²) in [5, 5.41) is 23.5. The van der Waals surface area contributed by atoms with Gasteiger partial charge in [-0.1, -0.05) is 35.2 Å². The number of hydrogen-bond donors (Lipinski definition) is 2. The molecule has 1 heterocycles. The van der Waals surface area contributed by atoms with Gasteiger partial charge in [-0.15, -0.1) is 10.2 Å². The summed E-state index contributed by atoms with van der Waals surface area (Å²) in [7, 11) is 0. The minimum Gasteiger partial charge on any atom is -0.330 e. The molecule has 0 aliphatic rings. The summed E-state index contributed by atoms with van der Waals surface area (Å²) >= 11 is 2.76. The first-order valence-electron chi connectivity index (χ1n) is 8.18. The number of thioether (sulfide) groups is 1. The molecule has 0 saturated carbocycles. The number of nitriles is 1. The fourth-order valence-corrected chi connectivity index (χ4v) is 4.15. The Morgan fingerprint density at radius 2 is 1.96 bits per heavy atom. The highest BCUT2D eigenvalue weighted by molar-refractivity contribution is 8.02. The zero-order valence-corrected chi connectivity index (χ0v) is 16.4. The van der Waals surface area contributed by atoms with Gasteiger partial charge in [-0.05, 0) is 55.8 Å². The van der Waals surface area contributed by atoms with Gasteiger partial charge in [-0.2, -0.15) is 5.26 Å². The molecular formula is C19H17N5OS2. The third kappa shape index (κ3) is 5.29. The van der Waals surface area contributed by atoms with Crippen LogP contribution < -0.4 is 10.6 Å². The maximum Gasteiger partial charge on any atom is 0.237 e. The van der Waals surface area contributed by atoms with Crippen molar-refractivity contribution in [2.24, 2.45) is 0 Å². The number of hydrogen-bond acceptors (Lipinski definition) is 7. The highest BCUT2D eigenvalue weighted by atomic mass is 32.2. The molecule has 2 aromatic carbocycles. The number of nitrogens with one attached hydrogen (secondary N) is 2. The Hall–Kier alpha value is -2.89. The number of rotatable bonds is 6. The molecule has 1 atom stereocenters. The monoisotopic (exact) mass is 395 g/mol. The van der Waals surface area contributed by atoms with E-state index in [-0.39, 0.29) is 11.2 Å². The molecule has 0 aliphatic heterocycles. The highest BCUT2D eigenvalue weighted by Crippen LogP contribution is 2.31. The second-order valence-electron chi connectivity index (χ2n) is 5.81. The number of aryl methyl sites for hydroxylation is 1. The lowest BCUT2D eigenvalue weighted by atomic mass is 10.2. The van der Waals surface area contributed by atoms with E-state index >= 15 is 0 Å². The van der Waals surface area contributed by atoms with Crippen LogP contribution in [0.5, 0.6) is 0 Å². The van der Waals surface area contributed by atoms with E-state index in [1.807, 2.05) is 44.2 Å². The van der Waals surface area contributed by atoms with Gasteiger partial charge < -0.3 is 10.6 Å². The van der Waals surface area contributed by atoms with Crippen LogP contribution in [0.15, 0.2) is 52.9 Å². The summed E-state index contributed by atoms with van der Waals surface area (Å²) in [6.07, 6.45) is 0. The Labute approximate surface area is 165 Å². The number of carbonyl (C=O) groups excluding carboxylic acids is 1.